The van der Waals surface area contributed by atoms with E-state index in [0.717, 1.165) is 34.0 Å². The average molecular weight is 456 g/mol. The summed E-state index contributed by atoms with van der Waals surface area (Å²) in [4.78, 5) is 12.3. The zero-order valence-electron chi connectivity index (χ0n) is 20.7. The standard InChI is InChI=1S/C32H29N3/c1-22-5-13-26(14-6-22)30-21-31(34-32(33-30)27-15-7-23(2)8-16-27)35(28-17-9-24(3)10-18-28)29-19-11-25(4)12-20-29/h5-21H,1-4H3. The molecule has 5 aromatic rings. The van der Waals surface area contributed by atoms with E-state index in [-0.39, 0.29) is 0 Å². The lowest BCUT2D eigenvalue weighted by Crippen LogP contribution is -2.13. The maximum absolute atomic E-state index is 5.09. The summed E-state index contributed by atoms with van der Waals surface area (Å²) in [6, 6.07) is 36.1. The molecule has 0 N–H and O–H groups in total. The number of anilines is 3. The fourth-order valence-electron chi connectivity index (χ4n) is 4.05. The van der Waals surface area contributed by atoms with Crippen molar-refractivity contribution in [3.63, 3.8) is 0 Å². The fourth-order valence-corrected chi connectivity index (χ4v) is 4.05. The van der Waals surface area contributed by atoms with Crippen LogP contribution in [0.15, 0.2) is 103 Å². The van der Waals surface area contributed by atoms with Gasteiger partial charge in [-0.2, -0.15) is 0 Å². The minimum atomic E-state index is 0.710. The normalized spacial score (nSPS) is 10.9. The number of nitrogens with zero attached hydrogens (tertiary/aromatic N) is 3. The number of hydrogen-bond donors (Lipinski definition) is 0. The molecule has 0 radical (unpaired) electrons. The zero-order chi connectivity index (χ0) is 24.4. The molecule has 1 heterocycles. The van der Waals surface area contributed by atoms with Crippen LogP contribution in [0.25, 0.3) is 22.6 Å². The van der Waals surface area contributed by atoms with Crippen molar-refractivity contribution in [2.75, 3.05) is 4.90 Å². The third kappa shape index (κ3) is 4.99. The Morgan fingerprint density at radius 3 is 1.31 bits per heavy atom. The van der Waals surface area contributed by atoms with E-state index in [9.17, 15) is 0 Å². The van der Waals surface area contributed by atoms with Gasteiger partial charge in [-0.05, 0) is 52.0 Å². The van der Waals surface area contributed by atoms with Crippen molar-refractivity contribution in [1.82, 2.24) is 9.97 Å². The molecule has 172 valence electrons. The Morgan fingerprint density at radius 2 is 0.857 bits per heavy atom. The summed E-state index contributed by atoms with van der Waals surface area (Å²) in [6.07, 6.45) is 0. The first-order chi connectivity index (χ1) is 17.0. The molecule has 3 heteroatoms. The smallest absolute Gasteiger partial charge is 0.162 e. The van der Waals surface area contributed by atoms with E-state index in [4.69, 9.17) is 9.97 Å². The molecule has 0 bridgehead atoms. The van der Waals surface area contributed by atoms with Gasteiger partial charge < -0.3 is 0 Å². The molecule has 3 nitrogen and oxygen atoms in total. The molecular formula is C32H29N3. The molecule has 0 saturated heterocycles. The van der Waals surface area contributed by atoms with Crippen molar-refractivity contribution in [3.8, 4) is 22.6 Å². The van der Waals surface area contributed by atoms with Gasteiger partial charge in [-0.3, -0.25) is 4.90 Å². The Labute approximate surface area is 207 Å². The van der Waals surface area contributed by atoms with E-state index in [0.29, 0.717) is 5.82 Å². The van der Waals surface area contributed by atoms with Gasteiger partial charge in [-0.15, -0.1) is 0 Å². The first-order valence-corrected chi connectivity index (χ1v) is 11.9. The van der Waals surface area contributed by atoms with Gasteiger partial charge in [-0.25, -0.2) is 9.97 Å². The van der Waals surface area contributed by atoms with Crippen molar-refractivity contribution in [3.05, 3.63) is 125 Å². The van der Waals surface area contributed by atoms with E-state index in [1.807, 2.05) is 0 Å². The third-order valence-electron chi connectivity index (χ3n) is 6.18. The number of aryl methyl sites for hydroxylation is 4. The van der Waals surface area contributed by atoms with Crippen molar-refractivity contribution < 1.29 is 0 Å². The fraction of sp³-hybridized carbons (Fsp3) is 0.125. The average Bonchev–Trinajstić information content (AvgIpc) is 2.87. The Balaban J connectivity index is 1.74. The van der Waals surface area contributed by atoms with E-state index in [2.05, 4.69) is 136 Å². The molecule has 4 aromatic carbocycles. The van der Waals surface area contributed by atoms with Crippen molar-refractivity contribution in [2.45, 2.75) is 27.7 Å². The van der Waals surface area contributed by atoms with Gasteiger partial charge in [-0.1, -0.05) is 95.1 Å². The van der Waals surface area contributed by atoms with Gasteiger partial charge in [0, 0.05) is 28.6 Å². The highest BCUT2D eigenvalue weighted by Gasteiger charge is 2.18. The Morgan fingerprint density at radius 1 is 0.457 bits per heavy atom. The molecule has 1 aromatic heterocycles. The monoisotopic (exact) mass is 455 g/mol. The Bertz CT molecular complexity index is 1320. The topological polar surface area (TPSA) is 29.0 Å². The largest absolute Gasteiger partial charge is 0.295 e. The van der Waals surface area contributed by atoms with Gasteiger partial charge >= 0.3 is 0 Å². The van der Waals surface area contributed by atoms with Gasteiger partial charge in [0.15, 0.2) is 5.82 Å². The van der Waals surface area contributed by atoms with E-state index in [1.165, 1.54) is 22.3 Å². The molecule has 0 aliphatic heterocycles. The van der Waals surface area contributed by atoms with Crippen LogP contribution in [0, 0.1) is 27.7 Å². The minimum Gasteiger partial charge on any atom is -0.295 e. The van der Waals surface area contributed by atoms with Gasteiger partial charge in [0.25, 0.3) is 0 Å². The van der Waals surface area contributed by atoms with Crippen LogP contribution in [0.3, 0.4) is 0 Å². The van der Waals surface area contributed by atoms with Gasteiger partial charge in [0.05, 0.1) is 5.69 Å². The van der Waals surface area contributed by atoms with E-state index < -0.39 is 0 Å². The van der Waals surface area contributed by atoms with Gasteiger partial charge in [0.2, 0.25) is 0 Å². The highest BCUT2D eigenvalue weighted by Crippen LogP contribution is 2.36. The minimum absolute atomic E-state index is 0.710. The summed E-state index contributed by atoms with van der Waals surface area (Å²) in [5, 5.41) is 0. The van der Waals surface area contributed by atoms with Crippen molar-refractivity contribution >= 4 is 17.2 Å². The molecule has 0 unspecified atom stereocenters. The molecule has 0 aliphatic carbocycles. The molecule has 0 saturated carbocycles. The lowest BCUT2D eigenvalue weighted by atomic mass is 10.1. The highest BCUT2D eigenvalue weighted by atomic mass is 15.2. The lowest BCUT2D eigenvalue weighted by Gasteiger charge is -2.25. The number of benzene rings is 4. The highest BCUT2D eigenvalue weighted by molar-refractivity contribution is 5.78. The number of rotatable bonds is 5. The second-order valence-corrected chi connectivity index (χ2v) is 9.17. The molecule has 0 spiro atoms. The molecule has 0 fully saturated rings. The summed E-state index contributed by atoms with van der Waals surface area (Å²) in [5.74, 6) is 1.54. The van der Waals surface area contributed by atoms with Crippen LogP contribution in [-0.4, -0.2) is 9.97 Å². The van der Waals surface area contributed by atoms with Crippen molar-refractivity contribution in [2.24, 2.45) is 0 Å². The predicted octanol–water partition coefficient (Wildman–Crippen LogP) is 8.51. The Hall–Kier alpha value is -4.24. The van der Waals surface area contributed by atoms with Crippen LogP contribution >= 0.6 is 0 Å². The number of aromatic nitrogens is 2. The van der Waals surface area contributed by atoms with Crippen molar-refractivity contribution in [1.29, 1.82) is 0 Å². The lowest BCUT2D eigenvalue weighted by molar-refractivity contribution is 1.12. The van der Waals surface area contributed by atoms with Gasteiger partial charge in [0.1, 0.15) is 5.82 Å². The second-order valence-electron chi connectivity index (χ2n) is 9.17. The molecule has 0 atom stereocenters. The molecule has 0 aliphatic rings. The van der Waals surface area contributed by atoms with E-state index >= 15 is 0 Å². The van der Waals surface area contributed by atoms with E-state index in [1.54, 1.807) is 0 Å². The summed E-state index contributed by atoms with van der Waals surface area (Å²) in [6.45, 7) is 8.41. The first-order valence-electron chi connectivity index (χ1n) is 11.9. The zero-order valence-corrected chi connectivity index (χ0v) is 20.7. The maximum Gasteiger partial charge on any atom is 0.162 e. The van der Waals surface area contributed by atoms with Crippen LogP contribution in [0.4, 0.5) is 17.2 Å². The van der Waals surface area contributed by atoms with Crippen LogP contribution in [0.1, 0.15) is 22.3 Å². The molecule has 0 amide bonds. The molecular weight excluding hydrogens is 426 g/mol. The maximum atomic E-state index is 5.09. The first kappa shape index (κ1) is 22.5. The molecule has 35 heavy (non-hydrogen) atoms. The summed E-state index contributed by atoms with van der Waals surface area (Å²) < 4.78 is 0. The number of hydrogen-bond acceptors (Lipinski definition) is 3. The summed E-state index contributed by atoms with van der Waals surface area (Å²) >= 11 is 0. The Kier molecular flexibility index (Phi) is 6.15. The van der Waals surface area contributed by atoms with Crippen LogP contribution in [0.5, 0.6) is 0 Å². The second kappa shape index (κ2) is 9.55. The predicted molar refractivity (Wildman–Crippen MR) is 147 cm³/mol. The van der Waals surface area contributed by atoms with Crippen LogP contribution in [-0.2, 0) is 0 Å². The van der Waals surface area contributed by atoms with Crippen LogP contribution < -0.4 is 4.90 Å². The SMILES string of the molecule is Cc1ccc(-c2cc(N(c3ccc(C)cc3)c3ccc(C)cc3)nc(-c3ccc(C)cc3)n2)cc1. The molecule has 5 rings (SSSR count). The third-order valence-corrected chi connectivity index (χ3v) is 6.18. The van der Waals surface area contributed by atoms with Crippen LogP contribution in [0.2, 0.25) is 0 Å². The summed E-state index contributed by atoms with van der Waals surface area (Å²) in [7, 11) is 0. The quantitative estimate of drug-likeness (QED) is 0.266. The summed E-state index contributed by atoms with van der Waals surface area (Å²) in [5.41, 5.74) is 9.97.